The number of carbonyl (C=O) groups excluding carboxylic acids is 3. The summed E-state index contributed by atoms with van der Waals surface area (Å²) in [6, 6.07) is 5.35. The van der Waals surface area contributed by atoms with Crippen LogP contribution in [-0.4, -0.2) is 81.8 Å². The first-order valence-electron chi connectivity index (χ1n) is 13.4. The van der Waals surface area contributed by atoms with Gasteiger partial charge >= 0.3 is 0 Å². The van der Waals surface area contributed by atoms with E-state index in [1.807, 2.05) is 12.1 Å². The highest BCUT2D eigenvalue weighted by molar-refractivity contribution is 6.67. The highest BCUT2D eigenvalue weighted by Crippen LogP contribution is 2.32. The smallest absolute Gasteiger partial charge is 0.255 e. The van der Waals surface area contributed by atoms with Crippen molar-refractivity contribution in [2.24, 2.45) is 5.92 Å². The molecule has 2 fully saturated rings. The molecule has 0 bridgehead atoms. The molecule has 2 aromatic rings. The number of hydrogen-bond acceptors (Lipinski definition) is 4. The van der Waals surface area contributed by atoms with Gasteiger partial charge in [0, 0.05) is 24.6 Å². The highest BCUT2D eigenvalue weighted by atomic mass is 16.2. The average molecular weight is 504 g/mol. The van der Waals surface area contributed by atoms with E-state index in [1.54, 1.807) is 4.90 Å². The standard InChI is InChI=1S/C27H25B6N3O3/c28-20-19(21(29)23(31)24(32)22(20)30)25(33)34-16-4-2-1-3-13(16)9-12-5-6-15-14(10-12)11-36(27(15)39)17-7-8-18(37)35-26(17)38/h5-6,10,13,16-17,25,34H,1-4,7-9,11H2,(H,35,37,38)/t13-,16+,17?,25?/m1/s1. The molecule has 4 atom stereocenters. The van der Waals surface area contributed by atoms with Crippen LogP contribution in [0.4, 0.5) is 0 Å². The largest absolute Gasteiger partial charge is 0.322 e. The topological polar surface area (TPSA) is 78.5 Å². The normalized spacial score (nSPS) is 23.9. The molecule has 0 spiro atoms. The number of amides is 3. The predicted octanol–water partition coefficient (Wildman–Crippen LogP) is -3.03. The maximum Gasteiger partial charge on any atom is 0.255 e. The van der Waals surface area contributed by atoms with Gasteiger partial charge in [-0.15, -0.1) is 27.3 Å². The van der Waals surface area contributed by atoms with Crippen LogP contribution in [0.25, 0.3) is 0 Å². The molecule has 2 heterocycles. The van der Waals surface area contributed by atoms with Crippen molar-refractivity contribution < 1.29 is 14.4 Å². The molecule has 184 valence electrons. The van der Waals surface area contributed by atoms with E-state index in [-0.39, 0.29) is 57.5 Å². The fourth-order valence-corrected chi connectivity index (χ4v) is 6.25. The van der Waals surface area contributed by atoms with E-state index in [2.05, 4.69) is 16.7 Å². The maximum atomic E-state index is 13.0. The number of piperidine rings is 1. The van der Waals surface area contributed by atoms with Gasteiger partial charge in [0.2, 0.25) is 11.8 Å². The van der Waals surface area contributed by atoms with Crippen LogP contribution in [0.5, 0.6) is 0 Å². The number of imide groups is 1. The predicted molar refractivity (Wildman–Crippen MR) is 157 cm³/mol. The lowest BCUT2D eigenvalue weighted by molar-refractivity contribution is -0.136. The van der Waals surface area contributed by atoms with Gasteiger partial charge in [-0.25, -0.2) is 0 Å². The zero-order valence-corrected chi connectivity index (χ0v) is 21.8. The number of benzene rings is 2. The fraction of sp³-hybridized carbons (Fsp3) is 0.444. The lowest BCUT2D eigenvalue weighted by Crippen LogP contribution is -2.58. The summed E-state index contributed by atoms with van der Waals surface area (Å²) in [7, 11) is 37.0. The van der Waals surface area contributed by atoms with Crippen LogP contribution >= 0.6 is 0 Å². The van der Waals surface area contributed by atoms with Crippen molar-refractivity contribution in [3.8, 4) is 0 Å². The van der Waals surface area contributed by atoms with Gasteiger partial charge in [-0.05, 0) is 54.7 Å². The van der Waals surface area contributed by atoms with Crippen LogP contribution in [-0.2, 0) is 22.6 Å². The molecular weight excluding hydrogens is 479 g/mol. The summed E-state index contributed by atoms with van der Waals surface area (Å²) in [6.07, 6.45) is 5.49. The Morgan fingerprint density at radius 3 is 2.28 bits per heavy atom. The molecule has 1 aliphatic carbocycles. The first-order chi connectivity index (χ1) is 18.6. The third kappa shape index (κ3) is 5.29. The Morgan fingerprint density at radius 1 is 0.923 bits per heavy atom. The number of fused-ring (bicyclic) bond motifs is 1. The van der Waals surface area contributed by atoms with Gasteiger partial charge in [-0.1, -0.05) is 30.5 Å². The average Bonchev–Trinajstić information content (AvgIpc) is 3.22. The van der Waals surface area contributed by atoms with Gasteiger partial charge in [0.15, 0.2) is 0 Å². The van der Waals surface area contributed by atoms with Crippen molar-refractivity contribution in [1.82, 2.24) is 15.5 Å². The first kappa shape index (κ1) is 27.9. The van der Waals surface area contributed by atoms with Crippen molar-refractivity contribution in [2.75, 3.05) is 0 Å². The second-order valence-corrected chi connectivity index (χ2v) is 10.9. The lowest BCUT2D eigenvalue weighted by atomic mass is 9.58. The monoisotopic (exact) mass is 505 g/mol. The summed E-state index contributed by atoms with van der Waals surface area (Å²) in [4.78, 5) is 38.5. The summed E-state index contributed by atoms with van der Waals surface area (Å²) in [5.74, 6) is -1.28. The molecule has 12 heteroatoms. The SMILES string of the molecule is [B]c1c([B])c([B])c(C([B])N[C@H]2CCCC[C@@H]2Cc2ccc3c(c2)CN(C2CCC(=O)NC2=O)C3=O)c([B])c1[B]. The van der Waals surface area contributed by atoms with Gasteiger partial charge in [0.25, 0.3) is 5.91 Å². The van der Waals surface area contributed by atoms with Gasteiger partial charge < -0.3 is 10.2 Å². The second-order valence-electron chi connectivity index (χ2n) is 10.9. The molecule has 39 heavy (non-hydrogen) atoms. The lowest BCUT2D eigenvalue weighted by Gasteiger charge is -2.36. The quantitative estimate of drug-likeness (QED) is 0.325. The molecule has 6 nitrogen and oxygen atoms in total. The number of rotatable bonds is 6. The van der Waals surface area contributed by atoms with Gasteiger partial charge in [0.1, 0.15) is 45.3 Å². The molecule has 2 aliphatic heterocycles. The van der Waals surface area contributed by atoms with E-state index in [0.717, 1.165) is 43.2 Å². The summed E-state index contributed by atoms with van der Waals surface area (Å²) in [6.45, 7) is 0.351. The molecule has 2 aromatic carbocycles. The number of nitrogens with one attached hydrogen (secondary N) is 2. The molecule has 2 N–H and O–H groups in total. The first-order valence-corrected chi connectivity index (χ1v) is 13.4. The van der Waals surface area contributed by atoms with E-state index >= 15 is 0 Å². The van der Waals surface area contributed by atoms with Gasteiger partial charge in [-0.3, -0.25) is 19.7 Å². The number of carbonyl (C=O) groups is 3. The summed E-state index contributed by atoms with van der Waals surface area (Å²) in [5, 5.41) is 5.85. The Balaban J connectivity index is 1.31. The number of hydrogen-bond donors (Lipinski definition) is 2. The summed E-state index contributed by atoms with van der Waals surface area (Å²) in [5.41, 5.74) is 4.03. The minimum Gasteiger partial charge on any atom is -0.322 e. The Hall–Kier alpha value is -2.60. The Labute approximate surface area is 237 Å². The van der Waals surface area contributed by atoms with E-state index in [9.17, 15) is 14.4 Å². The summed E-state index contributed by atoms with van der Waals surface area (Å²) < 4.78 is 0. The Morgan fingerprint density at radius 2 is 1.59 bits per heavy atom. The second kappa shape index (κ2) is 11.1. The van der Waals surface area contributed by atoms with Crippen molar-refractivity contribution in [1.29, 1.82) is 0 Å². The van der Waals surface area contributed by atoms with Crippen LogP contribution in [0.15, 0.2) is 18.2 Å². The molecule has 3 amide bonds. The van der Waals surface area contributed by atoms with Crippen LogP contribution in [0.2, 0.25) is 0 Å². The molecule has 5 rings (SSSR count). The van der Waals surface area contributed by atoms with E-state index < -0.39 is 17.9 Å². The van der Waals surface area contributed by atoms with E-state index in [4.69, 9.17) is 47.1 Å². The third-order valence-electron chi connectivity index (χ3n) is 8.44. The van der Waals surface area contributed by atoms with Crippen LogP contribution < -0.4 is 37.9 Å². The Bertz CT molecular complexity index is 1320. The molecular formula is C27H25B6N3O3. The minimum absolute atomic E-state index is 0.0995. The summed E-state index contributed by atoms with van der Waals surface area (Å²) >= 11 is 0. The molecule has 12 radical (unpaired) electrons. The zero-order chi connectivity index (χ0) is 28.0. The third-order valence-corrected chi connectivity index (χ3v) is 8.44. The van der Waals surface area contributed by atoms with Gasteiger partial charge in [-0.2, -0.15) is 0 Å². The van der Waals surface area contributed by atoms with E-state index in [1.165, 1.54) is 0 Å². The molecule has 1 saturated heterocycles. The molecule has 3 aliphatic rings. The van der Waals surface area contributed by atoms with E-state index in [0.29, 0.717) is 24.1 Å². The molecule has 2 unspecified atom stereocenters. The fourth-order valence-electron chi connectivity index (χ4n) is 6.25. The Kier molecular flexibility index (Phi) is 7.96. The highest BCUT2D eigenvalue weighted by Gasteiger charge is 2.39. The molecule has 0 aromatic heterocycles. The van der Waals surface area contributed by atoms with Crippen LogP contribution in [0.1, 0.15) is 71.5 Å². The van der Waals surface area contributed by atoms with Crippen molar-refractivity contribution >= 4 is 92.1 Å². The van der Waals surface area contributed by atoms with Crippen LogP contribution in [0.3, 0.4) is 0 Å². The molecule has 1 saturated carbocycles. The van der Waals surface area contributed by atoms with Crippen molar-refractivity contribution in [3.63, 3.8) is 0 Å². The zero-order valence-electron chi connectivity index (χ0n) is 21.8. The van der Waals surface area contributed by atoms with Crippen molar-refractivity contribution in [3.05, 3.63) is 40.5 Å². The van der Waals surface area contributed by atoms with Gasteiger partial charge in [0.05, 0.1) is 7.85 Å². The van der Waals surface area contributed by atoms with Crippen LogP contribution in [0, 0.1) is 5.92 Å². The van der Waals surface area contributed by atoms with Crippen molar-refractivity contribution in [2.45, 2.75) is 69.5 Å². The minimum atomic E-state index is -0.680. The number of nitrogens with zero attached hydrogens (tertiary/aromatic N) is 1. The maximum absolute atomic E-state index is 13.0.